The van der Waals surface area contributed by atoms with E-state index in [1.165, 1.54) is 13.3 Å². The molecular formula is C13H9Cl2NO2. The molecule has 0 spiro atoms. The van der Waals surface area contributed by atoms with Gasteiger partial charge in [0.15, 0.2) is 0 Å². The highest BCUT2D eigenvalue weighted by atomic mass is 35.5. The number of rotatable bonds is 2. The van der Waals surface area contributed by atoms with E-state index < -0.39 is 5.97 Å². The minimum atomic E-state index is -0.420. The largest absolute Gasteiger partial charge is 0.465 e. The van der Waals surface area contributed by atoms with Gasteiger partial charge in [0.05, 0.1) is 23.4 Å². The molecule has 0 radical (unpaired) electrons. The van der Waals surface area contributed by atoms with Crippen LogP contribution in [-0.2, 0) is 4.74 Å². The van der Waals surface area contributed by atoms with Crippen LogP contribution in [0.5, 0.6) is 0 Å². The fourth-order valence-electron chi connectivity index (χ4n) is 1.52. The molecule has 1 heterocycles. The fraction of sp³-hybridized carbons (Fsp3) is 0.0769. The van der Waals surface area contributed by atoms with Crippen LogP contribution in [0.2, 0.25) is 10.0 Å². The van der Waals surface area contributed by atoms with Gasteiger partial charge < -0.3 is 4.74 Å². The van der Waals surface area contributed by atoms with Gasteiger partial charge in [0.25, 0.3) is 0 Å². The van der Waals surface area contributed by atoms with Crippen molar-refractivity contribution in [2.45, 2.75) is 0 Å². The second-order valence-corrected chi connectivity index (χ2v) is 4.39. The smallest absolute Gasteiger partial charge is 0.337 e. The summed E-state index contributed by atoms with van der Waals surface area (Å²) in [6, 6.07) is 8.27. The summed E-state index contributed by atoms with van der Waals surface area (Å²) in [7, 11) is 1.33. The molecule has 0 aliphatic carbocycles. The minimum absolute atomic E-state index is 0.415. The molecule has 0 saturated heterocycles. The van der Waals surface area contributed by atoms with Crippen molar-refractivity contribution < 1.29 is 9.53 Å². The minimum Gasteiger partial charge on any atom is -0.465 e. The number of pyridine rings is 1. The van der Waals surface area contributed by atoms with Crippen LogP contribution in [0.25, 0.3) is 11.3 Å². The zero-order valence-corrected chi connectivity index (χ0v) is 11.0. The Bertz CT molecular complexity index is 599. The number of carbonyl (C=O) groups is 1. The van der Waals surface area contributed by atoms with E-state index >= 15 is 0 Å². The topological polar surface area (TPSA) is 39.2 Å². The molecule has 2 rings (SSSR count). The predicted molar refractivity (Wildman–Crippen MR) is 71.0 cm³/mol. The molecule has 0 aliphatic rings. The number of aromatic nitrogens is 1. The first-order valence-electron chi connectivity index (χ1n) is 5.11. The Hall–Kier alpha value is -1.58. The predicted octanol–water partition coefficient (Wildman–Crippen LogP) is 3.84. The lowest BCUT2D eigenvalue weighted by atomic mass is 10.1. The summed E-state index contributed by atoms with van der Waals surface area (Å²) in [5.41, 5.74) is 1.67. The van der Waals surface area contributed by atoms with Crippen LogP contribution in [-0.4, -0.2) is 18.1 Å². The van der Waals surface area contributed by atoms with Crippen LogP contribution >= 0.6 is 23.2 Å². The first-order chi connectivity index (χ1) is 8.61. The summed E-state index contributed by atoms with van der Waals surface area (Å²) in [4.78, 5) is 15.6. The first kappa shape index (κ1) is 12.9. The molecule has 0 fully saturated rings. The second kappa shape index (κ2) is 5.38. The number of carbonyl (C=O) groups excluding carboxylic acids is 1. The van der Waals surface area contributed by atoms with Gasteiger partial charge in [-0.1, -0.05) is 23.2 Å². The zero-order chi connectivity index (χ0) is 13.1. The highest BCUT2D eigenvalue weighted by molar-refractivity contribution is 6.35. The van der Waals surface area contributed by atoms with E-state index in [-0.39, 0.29) is 0 Å². The molecule has 0 amide bonds. The Kier molecular flexibility index (Phi) is 3.84. The number of nitrogens with zero attached hydrogens (tertiary/aromatic N) is 1. The third-order valence-corrected chi connectivity index (χ3v) is 2.95. The van der Waals surface area contributed by atoms with Crippen molar-refractivity contribution >= 4 is 29.2 Å². The molecule has 2 aromatic rings. The molecule has 0 saturated carbocycles. The van der Waals surface area contributed by atoms with Crippen LogP contribution in [0.1, 0.15) is 10.4 Å². The van der Waals surface area contributed by atoms with Gasteiger partial charge in [-0.05, 0) is 30.3 Å². The number of methoxy groups -OCH3 is 1. The summed E-state index contributed by atoms with van der Waals surface area (Å²) < 4.78 is 4.66. The van der Waals surface area contributed by atoms with Crippen molar-refractivity contribution in [3.63, 3.8) is 0 Å². The van der Waals surface area contributed by atoms with Gasteiger partial charge in [0.2, 0.25) is 0 Å². The molecule has 18 heavy (non-hydrogen) atoms. The molecule has 3 nitrogen and oxygen atoms in total. The fourth-order valence-corrected chi connectivity index (χ4v) is 1.90. The maximum absolute atomic E-state index is 11.4. The molecular weight excluding hydrogens is 273 g/mol. The average molecular weight is 282 g/mol. The van der Waals surface area contributed by atoms with E-state index in [4.69, 9.17) is 23.2 Å². The number of esters is 1. The van der Waals surface area contributed by atoms with E-state index in [9.17, 15) is 4.79 Å². The van der Waals surface area contributed by atoms with Gasteiger partial charge in [0, 0.05) is 16.8 Å². The number of halogens is 2. The number of hydrogen-bond acceptors (Lipinski definition) is 3. The van der Waals surface area contributed by atoms with E-state index in [1.807, 2.05) is 0 Å². The van der Waals surface area contributed by atoms with Gasteiger partial charge in [0.1, 0.15) is 0 Å². The van der Waals surface area contributed by atoms with Crippen molar-refractivity contribution in [3.8, 4) is 11.3 Å². The summed E-state index contributed by atoms with van der Waals surface area (Å²) in [6.07, 6.45) is 1.53. The molecule has 1 aromatic heterocycles. The highest BCUT2D eigenvalue weighted by Gasteiger charge is 2.10. The Morgan fingerprint density at radius 3 is 2.72 bits per heavy atom. The van der Waals surface area contributed by atoms with E-state index in [0.29, 0.717) is 26.9 Å². The second-order valence-electron chi connectivity index (χ2n) is 3.55. The Labute approximate surface area is 114 Å². The van der Waals surface area contributed by atoms with Crippen molar-refractivity contribution in [1.82, 2.24) is 4.98 Å². The third kappa shape index (κ3) is 2.63. The van der Waals surface area contributed by atoms with Gasteiger partial charge in [-0.3, -0.25) is 4.98 Å². The molecule has 0 N–H and O–H groups in total. The summed E-state index contributed by atoms with van der Waals surface area (Å²) in [5, 5.41) is 1.08. The van der Waals surface area contributed by atoms with E-state index in [2.05, 4.69) is 9.72 Å². The maximum Gasteiger partial charge on any atom is 0.337 e. The number of ether oxygens (including phenoxy) is 1. The molecule has 0 atom stereocenters. The van der Waals surface area contributed by atoms with Crippen LogP contribution < -0.4 is 0 Å². The Morgan fingerprint density at radius 1 is 1.22 bits per heavy atom. The van der Waals surface area contributed by atoms with Crippen LogP contribution in [0.15, 0.2) is 36.5 Å². The van der Waals surface area contributed by atoms with Crippen LogP contribution in [0, 0.1) is 0 Å². The standard InChI is InChI=1S/C13H9Cl2NO2/c1-18-13(17)8-4-5-16-12(6-8)10-7-9(14)2-3-11(10)15/h2-7H,1H3. The molecule has 5 heteroatoms. The summed E-state index contributed by atoms with van der Waals surface area (Å²) >= 11 is 12.0. The number of benzene rings is 1. The number of hydrogen-bond donors (Lipinski definition) is 0. The monoisotopic (exact) mass is 281 g/mol. The lowest BCUT2D eigenvalue weighted by Gasteiger charge is -2.06. The summed E-state index contributed by atoms with van der Waals surface area (Å²) in [5.74, 6) is -0.420. The molecule has 0 aliphatic heterocycles. The Balaban J connectivity index is 2.51. The van der Waals surface area contributed by atoms with Crippen molar-refractivity contribution in [2.24, 2.45) is 0 Å². The van der Waals surface area contributed by atoms with Crippen molar-refractivity contribution in [2.75, 3.05) is 7.11 Å². The van der Waals surface area contributed by atoms with Crippen LogP contribution in [0.3, 0.4) is 0 Å². The zero-order valence-electron chi connectivity index (χ0n) is 9.48. The van der Waals surface area contributed by atoms with Gasteiger partial charge in [-0.25, -0.2) is 4.79 Å². The van der Waals surface area contributed by atoms with Gasteiger partial charge in [-0.15, -0.1) is 0 Å². The van der Waals surface area contributed by atoms with E-state index in [0.717, 1.165) is 0 Å². The molecule has 92 valence electrons. The van der Waals surface area contributed by atoms with Gasteiger partial charge in [-0.2, -0.15) is 0 Å². The normalized spacial score (nSPS) is 10.2. The van der Waals surface area contributed by atoms with Crippen LogP contribution in [0.4, 0.5) is 0 Å². The van der Waals surface area contributed by atoms with E-state index in [1.54, 1.807) is 30.3 Å². The molecule has 0 bridgehead atoms. The SMILES string of the molecule is COC(=O)c1ccnc(-c2cc(Cl)ccc2Cl)c1. The maximum atomic E-state index is 11.4. The quantitative estimate of drug-likeness (QED) is 0.785. The lowest BCUT2D eigenvalue weighted by Crippen LogP contribution is -2.01. The average Bonchev–Trinajstić information content (AvgIpc) is 2.40. The van der Waals surface area contributed by atoms with Crippen molar-refractivity contribution in [3.05, 3.63) is 52.1 Å². The highest BCUT2D eigenvalue weighted by Crippen LogP contribution is 2.29. The lowest BCUT2D eigenvalue weighted by molar-refractivity contribution is 0.0600. The van der Waals surface area contributed by atoms with Crippen molar-refractivity contribution in [1.29, 1.82) is 0 Å². The molecule has 0 unspecified atom stereocenters. The van der Waals surface area contributed by atoms with Gasteiger partial charge >= 0.3 is 5.97 Å². The first-order valence-corrected chi connectivity index (χ1v) is 5.87. The Morgan fingerprint density at radius 2 is 2.00 bits per heavy atom. The third-order valence-electron chi connectivity index (χ3n) is 2.39. The molecule has 1 aromatic carbocycles. The summed E-state index contributed by atoms with van der Waals surface area (Å²) in [6.45, 7) is 0.